The molecule has 3 aromatic carbocycles. The molecule has 0 amide bonds. The van der Waals surface area contributed by atoms with Gasteiger partial charge in [0, 0.05) is 25.0 Å². The van der Waals surface area contributed by atoms with Crippen molar-refractivity contribution in [3.05, 3.63) is 109 Å². The van der Waals surface area contributed by atoms with Gasteiger partial charge in [-0.1, -0.05) is 37.4 Å². The highest BCUT2D eigenvalue weighted by Gasteiger charge is 2.34. The number of hydrogen-bond donors (Lipinski definition) is 0. The predicted octanol–water partition coefficient (Wildman–Crippen LogP) is 6.65. The minimum Gasteiger partial charge on any atom is -0.465 e. The van der Waals surface area contributed by atoms with Crippen LogP contribution >= 0.6 is 0 Å². The molecular weight excluding hydrogens is 776 g/mol. The molecule has 5 rings (SSSR count). The van der Waals surface area contributed by atoms with Crippen molar-refractivity contribution < 1.29 is 66.7 Å². The van der Waals surface area contributed by atoms with Crippen LogP contribution in [-0.4, -0.2) is 62.1 Å². The van der Waals surface area contributed by atoms with Crippen molar-refractivity contribution in [2.24, 2.45) is 23.7 Å². The molecule has 0 atom stereocenters. The van der Waals surface area contributed by atoms with Crippen molar-refractivity contribution in [1.29, 1.82) is 0 Å². The molecule has 60 heavy (non-hydrogen) atoms. The Hall–Kier alpha value is -6.57. The highest BCUT2D eigenvalue weighted by atomic mass is 16.6. The van der Waals surface area contributed by atoms with Crippen molar-refractivity contribution in [3.63, 3.8) is 0 Å². The quantitative estimate of drug-likeness (QED) is 0.0610. The third-order valence-electron chi connectivity index (χ3n) is 10.5. The first-order valence-corrected chi connectivity index (χ1v) is 19.8. The van der Waals surface area contributed by atoms with Gasteiger partial charge in [-0.2, -0.15) is 0 Å². The number of carbonyl (C=O) groups is 7. The van der Waals surface area contributed by atoms with E-state index in [2.05, 4.69) is 13.2 Å². The lowest BCUT2D eigenvalue weighted by Gasteiger charge is -2.26. The van der Waals surface area contributed by atoms with E-state index in [1.807, 2.05) is 0 Å². The van der Waals surface area contributed by atoms with Crippen molar-refractivity contribution in [2.45, 2.75) is 64.2 Å². The van der Waals surface area contributed by atoms with Crippen LogP contribution in [0.2, 0.25) is 0 Å². The number of esters is 7. The summed E-state index contributed by atoms with van der Waals surface area (Å²) in [4.78, 5) is 87.3. The second-order valence-electron chi connectivity index (χ2n) is 14.5. The van der Waals surface area contributed by atoms with Crippen LogP contribution < -0.4 is 18.9 Å². The van der Waals surface area contributed by atoms with Gasteiger partial charge in [-0.3, -0.25) is 19.2 Å². The maximum absolute atomic E-state index is 13.2. The summed E-state index contributed by atoms with van der Waals surface area (Å²) in [6.45, 7) is 7.12. The average Bonchev–Trinajstić information content (AvgIpc) is 3.27. The fourth-order valence-corrected chi connectivity index (χ4v) is 6.96. The molecule has 2 aliphatic carbocycles. The Labute approximate surface area is 347 Å². The summed E-state index contributed by atoms with van der Waals surface area (Å²) < 4.78 is 37.3. The Bertz CT molecular complexity index is 2040. The molecule has 2 saturated carbocycles. The van der Waals surface area contributed by atoms with E-state index in [0.717, 1.165) is 23.3 Å². The molecule has 0 spiro atoms. The fraction of sp³-hybridized carbons (Fsp3) is 0.370. The van der Waals surface area contributed by atoms with Crippen LogP contribution in [0.5, 0.6) is 23.0 Å². The zero-order valence-corrected chi connectivity index (χ0v) is 33.4. The summed E-state index contributed by atoms with van der Waals surface area (Å²) in [5.74, 6) is -4.70. The lowest BCUT2D eigenvalue weighted by Crippen LogP contribution is -2.31. The molecule has 2 aliphatic rings. The predicted molar refractivity (Wildman–Crippen MR) is 214 cm³/mol. The summed E-state index contributed by atoms with van der Waals surface area (Å²) >= 11 is 0. The Balaban J connectivity index is 1.06. The Morgan fingerprint density at radius 1 is 0.517 bits per heavy atom. The van der Waals surface area contributed by atoms with Crippen LogP contribution in [0, 0.1) is 23.7 Å². The zero-order valence-electron chi connectivity index (χ0n) is 33.4. The summed E-state index contributed by atoms with van der Waals surface area (Å²) in [6.07, 6.45) is 6.37. The second kappa shape index (κ2) is 22.0. The lowest BCUT2D eigenvalue weighted by molar-refractivity contribution is -0.145. The molecule has 0 bridgehead atoms. The smallest absolute Gasteiger partial charge is 0.341 e. The minimum atomic E-state index is -0.797. The fourth-order valence-electron chi connectivity index (χ4n) is 6.96. The molecule has 0 N–H and O–H groups in total. The van der Waals surface area contributed by atoms with E-state index in [9.17, 15) is 33.6 Å². The summed E-state index contributed by atoms with van der Waals surface area (Å²) in [5.41, 5.74) is 1.70. The molecule has 0 radical (unpaired) electrons. The second-order valence-corrected chi connectivity index (χ2v) is 14.5. The number of carbonyl (C=O) groups excluding carboxylic acids is 7. The Kier molecular flexibility index (Phi) is 16.3. The number of hydrogen-bond acceptors (Lipinski definition) is 14. The molecule has 0 saturated heterocycles. The average molecular weight is 825 g/mol. The maximum Gasteiger partial charge on any atom is 0.341 e. The topological polar surface area (TPSA) is 184 Å². The molecule has 316 valence electrons. The first-order chi connectivity index (χ1) is 29.0. The normalized spacial score (nSPS) is 18.4. The van der Waals surface area contributed by atoms with E-state index >= 15 is 0 Å². The van der Waals surface area contributed by atoms with Crippen LogP contribution in [0.1, 0.15) is 72.9 Å². The number of benzene rings is 3. The molecular formula is C46H48O14. The van der Waals surface area contributed by atoms with E-state index in [-0.39, 0.29) is 36.2 Å². The molecule has 0 unspecified atom stereocenters. The van der Waals surface area contributed by atoms with Crippen LogP contribution in [0.4, 0.5) is 0 Å². The van der Waals surface area contributed by atoms with Gasteiger partial charge in [0.05, 0.1) is 44.0 Å². The van der Waals surface area contributed by atoms with Crippen molar-refractivity contribution in [3.8, 4) is 23.0 Å². The molecule has 0 heterocycles. The monoisotopic (exact) mass is 824 g/mol. The summed E-state index contributed by atoms with van der Waals surface area (Å²) in [6, 6.07) is 17.9. The molecule has 14 heteroatoms. The standard InChI is InChI=1S/C46H48O14/c1-4-40(47)55-26-24-29-6-18-35(19-7-29)57-42(49)31-10-12-33(13-11-31)44(51)59-37-22-23-39(38(28-37)46(53)54-3)60-45(52)34-16-14-32(15-17-34)43(50)58-36-20-8-30(9-21-36)25-27-56-41(48)5-2/h4-9,18-23,28,31-34H,1-2,10-17,24-27H2,3H3. The number of methoxy groups -OCH3 is 1. The van der Waals surface area contributed by atoms with E-state index in [1.165, 1.54) is 25.3 Å². The van der Waals surface area contributed by atoms with Gasteiger partial charge in [-0.05, 0) is 105 Å². The first kappa shape index (κ1) is 44.5. The van der Waals surface area contributed by atoms with Crippen LogP contribution in [-0.2, 0) is 55.8 Å². The van der Waals surface area contributed by atoms with Crippen LogP contribution in [0.25, 0.3) is 0 Å². The largest absolute Gasteiger partial charge is 0.465 e. The number of ether oxygens (including phenoxy) is 7. The third-order valence-corrected chi connectivity index (χ3v) is 10.5. The lowest BCUT2D eigenvalue weighted by atomic mass is 9.82. The van der Waals surface area contributed by atoms with E-state index < -0.39 is 59.5 Å². The van der Waals surface area contributed by atoms with Gasteiger partial charge >= 0.3 is 41.8 Å². The van der Waals surface area contributed by atoms with Gasteiger partial charge in [-0.25, -0.2) is 14.4 Å². The molecule has 2 fully saturated rings. The van der Waals surface area contributed by atoms with Gasteiger partial charge in [0.1, 0.15) is 28.6 Å². The van der Waals surface area contributed by atoms with Crippen molar-refractivity contribution >= 4 is 41.8 Å². The SMILES string of the molecule is C=CC(=O)OCCc1ccc(OC(=O)C2CCC(C(=O)Oc3ccc(OC(=O)C4CCC(C(=O)Oc5ccc(CCOC(=O)C=C)cc5)CC4)c(C(=O)OC)c3)CC2)cc1. The van der Waals surface area contributed by atoms with Gasteiger partial charge in [0.25, 0.3) is 0 Å². The van der Waals surface area contributed by atoms with Gasteiger partial charge < -0.3 is 33.2 Å². The zero-order chi connectivity index (χ0) is 43.0. The maximum atomic E-state index is 13.2. The van der Waals surface area contributed by atoms with E-state index in [1.54, 1.807) is 48.5 Å². The van der Waals surface area contributed by atoms with Gasteiger partial charge in [-0.15, -0.1) is 0 Å². The first-order valence-electron chi connectivity index (χ1n) is 19.8. The van der Waals surface area contributed by atoms with Crippen molar-refractivity contribution in [1.82, 2.24) is 0 Å². The molecule has 0 aromatic heterocycles. The van der Waals surface area contributed by atoms with Crippen LogP contribution in [0.15, 0.2) is 92.0 Å². The van der Waals surface area contributed by atoms with Crippen molar-refractivity contribution in [2.75, 3.05) is 20.3 Å². The Morgan fingerprint density at radius 2 is 0.867 bits per heavy atom. The molecule has 14 nitrogen and oxygen atoms in total. The van der Waals surface area contributed by atoms with E-state index in [0.29, 0.717) is 75.7 Å². The summed E-state index contributed by atoms with van der Waals surface area (Å²) in [5, 5.41) is 0. The molecule has 3 aromatic rings. The summed E-state index contributed by atoms with van der Waals surface area (Å²) in [7, 11) is 1.18. The van der Waals surface area contributed by atoms with Crippen LogP contribution in [0.3, 0.4) is 0 Å². The van der Waals surface area contributed by atoms with Gasteiger partial charge in [0.15, 0.2) is 0 Å². The minimum absolute atomic E-state index is 0.0572. The van der Waals surface area contributed by atoms with Gasteiger partial charge in [0.2, 0.25) is 0 Å². The molecule has 0 aliphatic heterocycles. The Morgan fingerprint density at radius 3 is 1.23 bits per heavy atom. The number of rotatable bonds is 17. The van der Waals surface area contributed by atoms with E-state index in [4.69, 9.17) is 33.2 Å². The highest BCUT2D eigenvalue weighted by Crippen LogP contribution is 2.35. The highest BCUT2D eigenvalue weighted by molar-refractivity contribution is 5.94. The third kappa shape index (κ3) is 13.0.